The maximum Gasteiger partial charge on any atom is 0.373 e. The molecule has 0 bridgehead atoms. The van der Waals surface area contributed by atoms with E-state index in [1.54, 1.807) is 24.3 Å². The lowest BCUT2D eigenvalue weighted by Gasteiger charge is -2.23. The van der Waals surface area contributed by atoms with Gasteiger partial charge in [0.2, 0.25) is 11.8 Å². The second-order valence-corrected chi connectivity index (χ2v) is 14.1. The maximum absolute atomic E-state index is 14.1. The molecule has 5 aromatic rings. The number of benzene rings is 3. The van der Waals surface area contributed by atoms with Crippen LogP contribution in [0.3, 0.4) is 0 Å². The molecule has 0 radical (unpaired) electrons. The Morgan fingerprint density at radius 2 is 1.42 bits per heavy atom. The number of nitrogens with zero attached hydrogens (tertiary/aromatic N) is 4. The zero-order chi connectivity index (χ0) is 37.3. The van der Waals surface area contributed by atoms with Crippen LogP contribution in [0, 0.1) is 5.92 Å². The van der Waals surface area contributed by atoms with Gasteiger partial charge in [-0.05, 0) is 41.7 Å². The highest BCUT2D eigenvalue weighted by molar-refractivity contribution is 7.52. The van der Waals surface area contributed by atoms with Crippen molar-refractivity contribution in [2.45, 2.75) is 44.3 Å². The Morgan fingerprint density at radius 1 is 0.827 bits per heavy atom. The number of hydrogen-bond acceptors (Lipinski definition) is 10. The Labute approximate surface area is 298 Å². The molecular weight excluding hydrogens is 689 g/mol. The number of hydrogen-bond donors (Lipinski definition) is 5. The number of carboxylic acid groups (broad SMARTS) is 1. The first-order valence-electron chi connectivity index (χ1n) is 16.3. The molecule has 15 nitrogen and oxygen atoms in total. The number of Topliss-reactive ketones (excluding diaryl/α,β-unsaturated/α-hetero) is 1. The van der Waals surface area contributed by atoms with Gasteiger partial charge in [0.15, 0.2) is 17.2 Å². The van der Waals surface area contributed by atoms with Crippen LogP contribution in [-0.4, -0.2) is 71.8 Å². The number of imidazole rings is 1. The van der Waals surface area contributed by atoms with Gasteiger partial charge in [-0.15, -0.1) is 0 Å². The Kier molecular flexibility index (Phi) is 12.1. The minimum atomic E-state index is -3.79. The predicted octanol–water partition coefficient (Wildman–Crippen LogP) is 2.96. The van der Waals surface area contributed by atoms with Crippen molar-refractivity contribution in [1.82, 2.24) is 30.2 Å². The zero-order valence-corrected chi connectivity index (χ0v) is 29.1. The number of rotatable bonds is 17. The van der Waals surface area contributed by atoms with E-state index < -0.39 is 49.2 Å². The van der Waals surface area contributed by atoms with E-state index in [9.17, 15) is 33.7 Å². The number of aromatic nitrogens is 4. The number of nitrogens with two attached hydrogens (primary N) is 1. The van der Waals surface area contributed by atoms with Crippen LogP contribution in [-0.2, 0) is 49.6 Å². The van der Waals surface area contributed by atoms with Gasteiger partial charge in [-0.1, -0.05) is 72.8 Å². The molecular formula is C36H38N7O8P. The van der Waals surface area contributed by atoms with Crippen LogP contribution >= 0.6 is 7.60 Å². The molecule has 2 amide bonds. The van der Waals surface area contributed by atoms with E-state index in [4.69, 9.17) is 10.3 Å². The van der Waals surface area contributed by atoms with E-state index in [1.807, 2.05) is 36.4 Å². The number of nitrogens with one attached hydrogen (secondary N) is 2. The van der Waals surface area contributed by atoms with E-state index in [1.165, 1.54) is 41.5 Å². The smallest absolute Gasteiger partial charge is 0.373 e. The van der Waals surface area contributed by atoms with Crippen LogP contribution in [0.2, 0.25) is 0 Å². The molecule has 16 heteroatoms. The SMILES string of the molecule is CP(=O)(O)Oc1ccc(CC(NC(=O)C(CC(=O)C(Cc2ccccc2)NC(=O)Cn2cnc3c(N)ncnc32)Cc2ccccc2)C(=O)O)cc1. The number of aliphatic carboxylic acids is 1. The van der Waals surface area contributed by atoms with Gasteiger partial charge in [0, 0.05) is 25.4 Å². The van der Waals surface area contributed by atoms with E-state index in [2.05, 4.69) is 25.6 Å². The lowest BCUT2D eigenvalue weighted by atomic mass is 9.89. The van der Waals surface area contributed by atoms with Crippen LogP contribution < -0.4 is 20.9 Å². The summed E-state index contributed by atoms with van der Waals surface area (Å²) in [7, 11) is -3.79. The number of anilines is 1. The fourth-order valence-electron chi connectivity index (χ4n) is 5.65. The van der Waals surface area contributed by atoms with E-state index >= 15 is 0 Å². The number of fused-ring (bicyclic) bond motifs is 1. The third-order valence-electron chi connectivity index (χ3n) is 8.15. The van der Waals surface area contributed by atoms with Crippen LogP contribution in [0.25, 0.3) is 11.2 Å². The van der Waals surface area contributed by atoms with Gasteiger partial charge >= 0.3 is 13.6 Å². The number of carboxylic acids is 1. The predicted molar refractivity (Wildman–Crippen MR) is 191 cm³/mol. The summed E-state index contributed by atoms with van der Waals surface area (Å²) in [6.07, 6.45) is 2.53. The van der Waals surface area contributed by atoms with Crippen LogP contribution in [0.5, 0.6) is 5.75 Å². The molecule has 0 saturated carbocycles. The number of nitrogen functional groups attached to an aromatic ring is 1. The monoisotopic (exact) mass is 727 g/mol. The Balaban J connectivity index is 1.34. The standard InChI is InChI=1S/C36H38N7O8P/c1-52(49,50)51-27-14-12-25(13-15-27)18-29(36(47)48)42-35(46)26(16-23-8-4-2-5-9-23)19-30(44)28(17-24-10-6-3-7-11-24)41-31(45)20-43-22-40-32-33(37)38-21-39-34(32)43/h2-15,21-22,26,28-29H,16-20H2,1H3,(H,41,45)(H,42,46)(H,47,48)(H,49,50)(H2,37,38,39). The topological polar surface area (TPSA) is 229 Å². The van der Waals surface area contributed by atoms with Gasteiger partial charge < -0.3 is 35.5 Å². The van der Waals surface area contributed by atoms with Crippen LogP contribution in [0.15, 0.2) is 97.6 Å². The van der Waals surface area contributed by atoms with Crippen molar-refractivity contribution in [2.24, 2.45) is 5.92 Å². The highest BCUT2D eigenvalue weighted by Crippen LogP contribution is 2.38. The first-order valence-corrected chi connectivity index (χ1v) is 18.3. The summed E-state index contributed by atoms with van der Waals surface area (Å²) in [5, 5.41) is 15.5. The zero-order valence-electron chi connectivity index (χ0n) is 28.2. The molecule has 4 atom stereocenters. The van der Waals surface area contributed by atoms with Crippen LogP contribution in [0.4, 0.5) is 5.82 Å². The van der Waals surface area contributed by atoms with E-state index in [0.717, 1.165) is 17.8 Å². The van der Waals surface area contributed by atoms with Gasteiger partial charge in [0.05, 0.1) is 12.4 Å². The quantitative estimate of drug-likeness (QED) is 0.0871. The summed E-state index contributed by atoms with van der Waals surface area (Å²) in [6.45, 7) is 0.825. The van der Waals surface area contributed by atoms with Gasteiger partial charge in [-0.25, -0.2) is 24.3 Å². The Morgan fingerprint density at radius 3 is 2.04 bits per heavy atom. The molecule has 0 aliphatic heterocycles. The first kappa shape index (κ1) is 37.3. The largest absolute Gasteiger partial charge is 0.480 e. The maximum atomic E-state index is 14.1. The van der Waals surface area contributed by atoms with Gasteiger partial charge in [-0.2, -0.15) is 0 Å². The number of carbonyl (C=O) groups is 4. The van der Waals surface area contributed by atoms with Crippen molar-refractivity contribution in [3.05, 3.63) is 114 Å². The summed E-state index contributed by atoms with van der Waals surface area (Å²) in [5.41, 5.74) is 8.62. The van der Waals surface area contributed by atoms with Gasteiger partial charge in [0.25, 0.3) is 0 Å². The molecule has 0 saturated heterocycles. The Bertz CT molecular complexity index is 2070. The summed E-state index contributed by atoms with van der Waals surface area (Å²) >= 11 is 0. The van der Waals surface area contributed by atoms with Crippen molar-refractivity contribution in [1.29, 1.82) is 0 Å². The molecule has 0 aliphatic carbocycles. The molecule has 52 heavy (non-hydrogen) atoms. The van der Waals surface area contributed by atoms with Crippen molar-refractivity contribution in [2.75, 3.05) is 12.4 Å². The highest BCUT2D eigenvalue weighted by Gasteiger charge is 2.31. The Hall–Kier alpha value is -5.92. The van der Waals surface area contributed by atoms with E-state index in [-0.39, 0.29) is 43.8 Å². The molecule has 3 aromatic carbocycles. The van der Waals surface area contributed by atoms with Crippen molar-refractivity contribution in [3.8, 4) is 5.75 Å². The number of amides is 2. The van der Waals surface area contributed by atoms with Crippen LogP contribution in [0.1, 0.15) is 23.1 Å². The lowest BCUT2D eigenvalue weighted by Crippen LogP contribution is -2.48. The molecule has 6 N–H and O–H groups in total. The van der Waals surface area contributed by atoms with Crippen molar-refractivity contribution < 1.29 is 38.3 Å². The third-order valence-corrected chi connectivity index (χ3v) is 8.70. The molecule has 0 fully saturated rings. The summed E-state index contributed by atoms with van der Waals surface area (Å²) in [5.74, 6) is -3.56. The fraction of sp³-hybridized carbons (Fsp3) is 0.250. The van der Waals surface area contributed by atoms with Gasteiger partial charge in [0.1, 0.15) is 30.2 Å². The minimum absolute atomic E-state index is 0.109. The second kappa shape index (κ2) is 16.9. The molecule has 4 unspecified atom stereocenters. The number of carbonyl (C=O) groups excluding carboxylic acids is 3. The molecule has 270 valence electrons. The fourth-order valence-corrected chi connectivity index (χ4v) is 6.17. The highest BCUT2D eigenvalue weighted by atomic mass is 31.2. The third kappa shape index (κ3) is 10.5. The lowest BCUT2D eigenvalue weighted by molar-refractivity contribution is -0.142. The number of ketones is 1. The second-order valence-electron chi connectivity index (χ2n) is 12.3. The average molecular weight is 728 g/mol. The van der Waals surface area contributed by atoms with Crippen molar-refractivity contribution >= 4 is 48.1 Å². The van der Waals surface area contributed by atoms with E-state index in [0.29, 0.717) is 16.7 Å². The summed E-state index contributed by atoms with van der Waals surface area (Å²) < 4.78 is 18.0. The summed E-state index contributed by atoms with van der Waals surface area (Å²) in [4.78, 5) is 75.3. The minimum Gasteiger partial charge on any atom is -0.480 e. The molecule has 0 aliphatic rings. The van der Waals surface area contributed by atoms with Gasteiger partial charge in [-0.3, -0.25) is 14.4 Å². The molecule has 2 aromatic heterocycles. The summed E-state index contributed by atoms with van der Waals surface area (Å²) in [6, 6.07) is 21.7. The molecule has 0 spiro atoms. The van der Waals surface area contributed by atoms with Crippen molar-refractivity contribution in [3.63, 3.8) is 0 Å². The molecule has 2 heterocycles. The first-order chi connectivity index (χ1) is 24.8. The molecule has 5 rings (SSSR count). The normalized spacial score (nSPS) is 14.0. The average Bonchev–Trinajstić information content (AvgIpc) is 3.51.